The van der Waals surface area contributed by atoms with E-state index in [1.165, 1.54) is 36.5 Å². The molecule has 16 nitrogen and oxygen atoms in total. The van der Waals surface area contributed by atoms with Crippen LogP contribution in [0.3, 0.4) is 0 Å². The second-order valence-corrected chi connectivity index (χ2v) is 15.8. The van der Waals surface area contributed by atoms with Crippen LogP contribution in [0.4, 0.5) is 21.6 Å². The number of hydrogen-bond acceptors (Lipinski definition) is 12. The lowest BCUT2D eigenvalue weighted by molar-refractivity contribution is -0.137. The molecule has 8 rings (SSSR count). The van der Waals surface area contributed by atoms with Crippen LogP contribution in [0.15, 0.2) is 67.0 Å². The van der Waals surface area contributed by atoms with Crippen LogP contribution in [-0.4, -0.2) is 131 Å². The van der Waals surface area contributed by atoms with E-state index in [1.807, 2.05) is 11.0 Å². The van der Waals surface area contributed by atoms with E-state index in [9.17, 15) is 28.4 Å². The fourth-order valence-electron chi connectivity index (χ4n) is 8.37. The lowest BCUT2D eigenvalue weighted by atomic mass is 10.0. The maximum absolute atomic E-state index is 13.7. The molecule has 0 aliphatic carbocycles. The molecule has 3 aromatic carbocycles. The van der Waals surface area contributed by atoms with Gasteiger partial charge in [0.15, 0.2) is 6.61 Å². The van der Waals surface area contributed by atoms with Gasteiger partial charge in [-0.1, -0.05) is 23.7 Å². The molecule has 4 aromatic rings. The van der Waals surface area contributed by atoms with Crippen molar-refractivity contribution >= 4 is 69.2 Å². The number of piperazine rings is 1. The number of nitrogens with one attached hydrogen (secondary N) is 3. The zero-order chi connectivity index (χ0) is 42.6. The number of anilines is 3. The number of carbonyl (C=O) groups is 5. The molecule has 0 saturated carbocycles. The Hall–Kier alpha value is -6.17. The van der Waals surface area contributed by atoms with Crippen LogP contribution in [0, 0.1) is 5.82 Å². The number of benzene rings is 3. The highest BCUT2D eigenvalue weighted by Crippen LogP contribution is 2.35. The Morgan fingerprint density at radius 2 is 1.79 bits per heavy atom. The second kappa shape index (κ2) is 18.2. The summed E-state index contributed by atoms with van der Waals surface area (Å²) in [5, 5.41) is 8.94. The van der Waals surface area contributed by atoms with E-state index >= 15 is 0 Å². The van der Waals surface area contributed by atoms with Gasteiger partial charge in [0, 0.05) is 79.5 Å². The van der Waals surface area contributed by atoms with Gasteiger partial charge < -0.3 is 29.9 Å². The van der Waals surface area contributed by atoms with Gasteiger partial charge in [-0.2, -0.15) is 0 Å². The number of hydrogen-bond donors (Lipinski definition) is 3. The van der Waals surface area contributed by atoms with Crippen LogP contribution in [0.5, 0.6) is 11.5 Å². The maximum Gasteiger partial charge on any atom is 0.260 e. The predicted molar refractivity (Wildman–Crippen MR) is 224 cm³/mol. The largest absolute Gasteiger partial charge is 0.494 e. The molecule has 318 valence electrons. The van der Waals surface area contributed by atoms with Crippen molar-refractivity contribution in [3.63, 3.8) is 0 Å². The minimum Gasteiger partial charge on any atom is -0.494 e. The van der Waals surface area contributed by atoms with Crippen molar-refractivity contribution in [2.45, 2.75) is 44.3 Å². The standard InChI is InChI=1S/C43H45ClFN9O7/c1-60-37-22-33-29(41(47-25-46-33)48-26-7-8-32(45)31(44)20-26)21-34(37)49-38(55)6-3-13-51-14-11-27(12-15-51)52-16-18-53(19-17-52)40(57)24-61-36-5-2-4-28-30(36)23-54(43(28)59)35-9-10-39(56)50-42(35)58/h2-8,20-22,25,27,35H,9-19,23-24H2,1H3,(H,49,55)(H,46,47,48)(H,50,56,58)/b6-3+. The van der Waals surface area contributed by atoms with Crippen molar-refractivity contribution in [3.05, 3.63) is 89.0 Å². The van der Waals surface area contributed by atoms with Crippen LogP contribution in [0.2, 0.25) is 5.02 Å². The molecule has 18 heteroatoms. The Balaban J connectivity index is 0.774. The van der Waals surface area contributed by atoms with Crippen LogP contribution in [0.25, 0.3) is 10.9 Å². The number of methoxy groups -OCH3 is 1. The summed E-state index contributed by atoms with van der Waals surface area (Å²) in [6.07, 6.45) is 7.14. The molecular weight excluding hydrogens is 809 g/mol. The van der Waals surface area contributed by atoms with Crippen molar-refractivity contribution in [1.82, 2.24) is 34.9 Å². The number of rotatable bonds is 12. The summed E-state index contributed by atoms with van der Waals surface area (Å²) < 4.78 is 25.2. The molecule has 4 aliphatic heterocycles. The number of piperidine rings is 2. The molecule has 4 aliphatic rings. The molecule has 3 N–H and O–H groups in total. The van der Waals surface area contributed by atoms with Gasteiger partial charge in [-0.15, -0.1) is 0 Å². The molecule has 0 bridgehead atoms. The number of likely N-dealkylation sites (tertiary alicyclic amines) is 1. The first-order chi connectivity index (χ1) is 29.5. The van der Waals surface area contributed by atoms with Gasteiger partial charge in [0.25, 0.3) is 11.8 Å². The molecule has 1 atom stereocenters. The molecule has 0 radical (unpaired) electrons. The molecule has 3 fully saturated rings. The minimum atomic E-state index is -0.728. The Bertz CT molecular complexity index is 2400. The normalized spacial score (nSPS) is 19.0. The lowest BCUT2D eigenvalue weighted by Gasteiger charge is -2.42. The average molecular weight is 854 g/mol. The van der Waals surface area contributed by atoms with E-state index in [0.29, 0.717) is 76.4 Å². The highest BCUT2D eigenvalue weighted by molar-refractivity contribution is 6.31. The van der Waals surface area contributed by atoms with Crippen molar-refractivity contribution in [3.8, 4) is 11.5 Å². The molecule has 61 heavy (non-hydrogen) atoms. The number of imide groups is 1. The Morgan fingerprint density at radius 3 is 2.54 bits per heavy atom. The summed E-state index contributed by atoms with van der Waals surface area (Å²) in [4.78, 5) is 80.2. The van der Waals surface area contributed by atoms with Crippen LogP contribution in [0.1, 0.15) is 41.6 Å². The molecule has 0 spiro atoms. The number of amides is 5. The van der Waals surface area contributed by atoms with Gasteiger partial charge in [0.1, 0.15) is 35.5 Å². The van der Waals surface area contributed by atoms with Crippen molar-refractivity contribution in [1.29, 1.82) is 0 Å². The van der Waals surface area contributed by atoms with E-state index in [0.717, 1.165) is 39.0 Å². The van der Waals surface area contributed by atoms with E-state index in [1.54, 1.807) is 36.4 Å². The molecule has 1 unspecified atom stereocenters. The SMILES string of the molecule is COc1cc2ncnc(Nc3ccc(F)c(Cl)c3)c2cc1NC(=O)/C=C/CN1CCC(N2CCN(C(=O)COc3cccc4c3CN(C3CCC(=O)NC3=O)C4=O)CC2)CC1. The number of aromatic nitrogens is 2. The number of ether oxygens (including phenoxy) is 2. The lowest BCUT2D eigenvalue weighted by Crippen LogP contribution is -2.55. The third-order valence-corrected chi connectivity index (χ3v) is 11.9. The van der Waals surface area contributed by atoms with E-state index in [2.05, 4.69) is 35.7 Å². The van der Waals surface area contributed by atoms with Gasteiger partial charge in [0.05, 0.1) is 29.9 Å². The summed E-state index contributed by atoms with van der Waals surface area (Å²) >= 11 is 5.96. The number of halogens is 2. The van der Waals surface area contributed by atoms with Crippen LogP contribution >= 0.6 is 11.6 Å². The third-order valence-electron chi connectivity index (χ3n) is 11.7. The first-order valence-electron chi connectivity index (χ1n) is 20.2. The highest BCUT2D eigenvalue weighted by atomic mass is 35.5. The van der Waals surface area contributed by atoms with Gasteiger partial charge in [0.2, 0.25) is 17.7 Å². The predicted octanol–water partition coefficient (Wildman–Crippen LogP) is 4.12. The Labute approximate surface area is 356 Å². The van der Waals surface area contributed by atoms with E-state index < -0.39 is 17.8 Å². The Morgan fingerprint density at radius 1 is 0.984 bits per heavy atom. The topological polar surface area (TPSA) is 179 Å². The summed E-state index contributed by atoms with van der Waals surface area (Å²) in [5.41, 5.74) is 2.63. The monoisotopic (exact) mass is 853 g/mol. The fourth-order valence-corrected chi connectivity index (χ4v) is 8.55. The molecular formula is C43H45ClFN9O7. The number of nitrogens with zero attached hydrogens (tertiary/aromatic N) is 6. The zero-order valence-electron chi connectivity index (χ0n) is 33.5. The maximum atomic E-state index is 13.7. The Kier molecular flexibility index (Phi) is 12.4. The van der Waals surface area contributed by atoms with E-state index in [4.69, 9.17) is 21.1 Å². The molecule has 1 aromatic heterocycles. The molecule has 5 heterocycles. The number of fused-ring (bicyclic) bond motifs is 2. The summed E-state index contributed by atoms with van der Waals surface area (Å²) in [6, 6.07) is 12.5. The number of carbonyl (C=O) groups excluding carboxylic acids is 5. The van der Waals surface area contributed by atoms with Gasteiger partial charge >= 0.3 is 0 Å². The van der Waals surface area contributed by atoms with Crippen molar-refractivity contribution in [2.75, 3.05) is 70.2 Å². The smallest absolute Gasteiger partial charge is 0.260 e. The van der Waals surface area contributed by atoms with Crippen LogP contribution in [-0.2, 0) is 25.7 Å². The van der Waals surface area contributed by atoms with Crippen LogP contribution < -0.4 is 25.4 Å². The average Bonchev–Trinajstić information content (AvgIpc) is 3.60. The fraction of sp³-hybridized carbons (Fsp3) is 0.372. The summed E-state index contributed by atoms with van der Waals surface area (Å²) in [7, 11) is 1.51. The summed E-state index contributed by atoms with van der Waals surface area (Å²) in [5.74, 6) is -0.775. The zero-order valence-corrected chi connectivity index (χ0v) is 34.3. The minimum absolute atomic E-state index is 0.0269. The quantitative estimate of drug-likeness (QED) is 0.138. The van der Waals surface area contributed by atoms with Crippen molar-refractivity contribution in [2.24, 2.45) is 0 Å². The highest BCUT2D eigenvalue weighted by Gasteiger charge is 2.40. The first kappa shape index (κ1) is 41.6. The second-order valence-electron chi connectivity index (χ2n) is 15.4. The van der Waals surface area contributed by atoms with Gasteiger partial charge in [-0.05, 0) is 68.8 Å². The van der Waals surface area contributed by atoms with E-state index in [-0.39, 0.29) is 54.6 Å². The first-order valence-corrected chi connectivity index (χ1v) is 20.6. The summed E-state index contributed by atoms with van der Waals surface area (Å²) in [6.45, 7) is 5.08. The van der Waals surface area contributed by atoms with Crippen molar-refractivity contribution < 1.29 is 37.8 Å². The molecule has 5 amide bonds. The third kappa shape index (κ3) is 9.28. The van der Waals surface area contributed by atoms with Gasteiger partial charge in [-0.3, -0.25) is 39.1 Å². The van der Waals surface area contributed by atoms with Gasteiger partial charge in [-0.25, -0.2) is 14.4 Å². The molecule has 3 saturated heterocycles.